The van der Waals surface area contributed by atoms with E-state index >= 15 is 0 Å². The third-order valence-corrected chi connectivity index (χ3v) is 5.34. The second-order valence-corrected chi connectivity index (χ2v) is 7.38. The van der Waals surface area contributed by atoms with Crippen LogP contribution in [0.5, 0.6) is 0 Å². The van der Waals surface area contributed by atoms with Crippen LogP contribution in [0.2, 0.25) is 0 Å². The summed E-state index contributed by atoms with van der Waals surface area (Å²) in [4.78, 5) is 11.0. The molecule has 25 heavy (non-hydrogen) atoms. The minimum absolute atomic E-state index is 0.0122. The minimum atomic E-state index is -4.56. The SMILES string of the molecule is CSc1cc(C(=O)O)ccc1NS(=O)(=O)c1ccc(C(F)(F)F)cc1. The highest BCUT2D eigenvalue weighted by molar-refractivity contribution is 7.99. The Hall–Kier alpha value is -2.20. The number of anilines is 1. The van der Waals surface area contributed by atoms with Crippen LogP contribution in [0.25, 0.3) is 0 Å². The van der Waals surface area contributed by atoms with E-state index in [1.54, 1.807) is 6.26 Å². The van der Waals surface area contributed by atoms with Crippen molar-refractivity contribution in [3.05, 3.63) is 53.6 Å². The van der Waals surface area contributed by atoms with Gasteiger partial charge in [-0.1, -0.05) is 0 Å². The van der Waals surface area contributed by atoms with Crippen molar-refractivity contribution in [1.82, 2.24) is 0 Å². The molecule has 0 aromatic heterocycles. The van der Waals surface area contributed by atoms with E-state index in [2.05, 4.69) is 4.72 Å². The summed E-state index contributed by atoms with van der Waals surface area (Å²) in [7, 11) is -4.12. The summed E-state index contributed by atoms with van der Waals surface area (Å²) < 4.78 is 64.6. The van der Waals surface area contributed by atoms with E-state index in [1.165, 1.54) is 18.2 Å². The maximum atomic E-state index is 12.5. The van der Waals surface area contributed by atoms with Crippen LogP contribution in [-0.2, 0) is 16.2 Å². The number of halogens is 3. The van der Waals surface area contributed by atoms with Gasteiger partial charge in [0.1, 0.15) is 0 Å². The topological polar surface area (TPSA) is 83.5 Å². The van der Waals surface area contributed by atoms with Crippen LogP contribution in [0.3, 0.4) is 0 Å². The van der Waals surface area contributed by atoms with E-state index in [0.29, 0.717) is 17.0 Å². The van der Waals surface area contributed by atoms with Gasteiger partial charge in [-0.05, 0) is 48.7 Å². The maximum Gasteiger partial charge on any atom is 0.416 e. The van der Waals surface area contributed by atoms with E-state index in [9.17, 15) is 26.4 Å². The number of benzene rings is 2. The van der Waals surface area contributed by atoms with E-state index < -0.39 is 27.7 Å². The molecule has 5 nitrogen and oxygen atoms in total. The second kappa shape index (κ2) is 6.96. The lowest BCUT2D eigenvalue weighted by atomic mass is 10.2. The van der Waals surface area contributed by atoms with Gasteiger partial charge >= 0.3 is 12.1 Å². The molecule has 2 rings (SSSR count). The van der Waals surface area contributed by atoms with Gasteiger partial charge in [0, 0.05) is 4.90 Å². The van der Waals surface area contributed by atoms with Crippen molar-refractivity contribution in [2.24, 2.45) is 0 Å². The molecule has 0 saturated heterocycles. The molecule has 0 saturated carbocycles. The molecule has 0 aliphatic heterocycles. The van der Waals surface area contributed by atoms with Gasteiger partial charge in [-0.2, -0.15) is 13.2 Å². The number of nitrogens with one attached hydrogen (secondary N) is 1. The first kappa shape index (κ1) is 19.1. The lowest BCUT2D eigenvalue weighted by Gasteiger charge is -2.13. The molecular formula is C15H12F3NO4S2. The van der Waals surface area contributed by atoms with Crippen LogP contribution < -0.4 is 4.72 Å². The Balaban J connectivity index is 2.34. The molecule has 0 unspecified atom stereocenters. The number of hydrogen-bond donors (Lipinski definition) is 2. The Morgan fingerprint density at radius 1 is 1.12 bits per heavy atom. The predicted molar refractivity (Wildman–Crippen MR) is 87.4 cm³/mol. The summed E-state index contributed by atoms with van der Waals surface area (Å²) in [5.74, 6) is -1.16. The van der Waals surface area contributed by atoms with E-state index in [1.807, 2.05) is 0 Å². The molecule has 0 spiro atoms. The van der Waals surface area contributed by atoms with Gasteiger partial charge in [0.2, 0.25) is 0 Å². The van der Waals surface area contributed by atoms with Crippen molar-refractivity contribution < 1.29 is 31.5 Å². The molecule has 0 aliphatic carbocycles. The molecule has 0 radical (unpaired) electrons. The molecular weight excluding hydrogens is 379 g/mol. The molecule has 2 N–H and O–H groups in total. The zero-order chi connectivity index (χ0) is 18.8. The number of hydrogen-bond acceptors (Lipinski definition) is 4. The van der Waals surface area contributed by atoms with E-state index in [4.69, 9.17) is 5.11 Å². The third-order valence-electron chi connectivity index (χ3n) is 3.18. The van der Waals surface area contributed by atoms with Crippen LogP contribution >= 0.6 is 11.8 Å². The first-order valence-corrected chi connectivity index (χ1v) is 9.37. The number of carbonyl (C=O) groups is 1. The fourth-order valence-corrected chi connectivity index (χ4v) is 3.66. The number of carboxylic acids is 1. The van der Waals surface area contributed by atoms with Gasteiger partial charge in [-0.15, -0.1) is 11.8 Å². The number of thioether (sulfide) groups is 1. The fourth-order valence-electron chi connectivity index (χ4n) is 1.94. The zero-order valence-corrected chi connectivity index (χ0v) is 14.3. The summed E-state index contributed by atoms with van der Waals surface area (Å²) in [5.41, 5.74) is -0.832. The van der Waals surface area contributed by atoms with Crippen molar-refractivity contribution in [2.75, 3.05) is 11.0 Å². The number of alkyl halides is 3. The van der Waals surface area contributed by atoms with Gasteiger partial charge in [-0.3, -0.25) is 4.72 Å². The molecule has 134 valence electrons. The predicted octanol–water partition coefficient (Wildman–Crippen LogP) is 3.93. The average molecular weight is 391 g/mol. The Morgan fingerprint density at radius 3 is 2.20 bits per heavy atom. The van der Waals surface area contributed by atoms with Crippen LogP contribution in [0.15, 0.2) is 52.3 Å². The lowest BCUT2D eigenvalue weighted by molar-refractivity contribution is -0.137. The number of rotatable bonds is 5. The number of aromatic carboxylic acids is 1. The highest BCUT2D eigenvalue weighted by Crippen LogP contribution is 2.31. The summed E-state index contributed by atoms with van der Waals surface area (Å²) in [6, 6.07) is 6.89. The summed E-state index contributed by atoms with van der Waals surface area (Å²) in [5, 5.41) is 8.96. The monoisotopic (exact) mass is 391 g/mol. The molecule has 0 aliphatic rings. The summed E-state index contributed by atoms with van der Waals surface area (Å²) in [6.45, 7) is 0. The Labute approximate surface area is 145 Å². The van der Waals surface area contributed by atoms with Crippen molar-refractivity contribution >= 4 is 33.4 Å². The Kier molecular flexibility index (Phi) is 5.33. The molecule has 2 aromatic carbocycles. The summed E-state index contributed by atoms with van der Waals surface area (Å²) in [6.07, 6.45) is -2.93. The zero-order valence-electron chi connectivity index (χ0n) is 12.7. The quantitative estimate of drug-likeness (QED) is 0.755. The summed E-state index contributed by atoms with van der Waals surface area (Å²) >= 11 is 1.13. The highest BCUT2D eigenvalue weighted by atomic mass is 32.2. The van der Waals surface area contributed by atoms with Crippen molar-refractivity contribution in [2.45, 2.75) is 16.0 Å². The Morgan fingerprint density at radius 2 is 1.72 bits per heavy atom. The number of sulfonamides is 1. The molecule has 0 bridgehead atoms. The maximum absolute atomic E-state index is 12.5. The molecule has 0 amide bonds. The van der Waals surface area contributed by atoms with Gasteiger partial charge in [0.05, 0.1) is 21.7 Å². The minimum Gasteiger partial charge on any atom is -0.478 e. The molecule has 2 aromatic rings. The largest absolute Gasteiger partial charge is 0.478 e. The number of carboxylic acid groups (broad SMARTS) is 1. The molecule has 10 heteroatoms. The van der Waals surface area contributed by atoms with E-state index in [0.717, 1.165) is 23.9 Å². The molecule has 0 heterocycles. The first-order valence-electron chi connectivity index (χ1n) is 6.66. The molecule has 0 atom stereocenters. The van der Waals surface area contributed by atoms with Crippen LogP contribution in [0.4, 0.5) is 18.9 Å². The van der Waals surface area contributed by atoms with E-state index in [-0.39, 0.29) is 16.1 Å². The van der Waals surface area contributed by atoms with Gasteiger partial charge in [-0.25, -0.2) is 13.2 Å². The van der Waals surface area contributed by atoms with Crippen LogP contribution in [-0.4, -0.2) is 25.7 Å². The first-order chi connectivity index (χ1) is 11.5. The Bertz CT molecular complexity index is 894. The standard InChI is InChI=1S/C15H12F3NO4S2/c1-24-13-8-9(14(20)21)2-7-12(13)19-25(22,23)11-5-3-10(4-6-11)15(16,17)18/h2-8,19H,1H3,(H,20,21). The van der Waals surface area contributed by atoms with Gasteiger partial charge in [0.15, 0.2) is 0 Å². The van der Waals surface area contributed by atoms with Crippen molar-refractivity contribution in [3.8, 4) is 0 Å². The van der Waals surface area contributed by atoms with Gasteiger partial charge < -0.3 is 5.11 Å². The normalized spacial score (nSPS) is 12.0. The average Bonchev–Trinajstić information content (AvgIpc) is 2.54. The third kappa shape index (κ3) is 4.45. The smallest absolute Gasteiger partial charge is 0.416 e. The second-order valence-electron chi connectivity index (χ2n) is 4.85. The fraction of sp³-hybridized carbons (Fsp3) is 0.133. The van der Waals surface area contributed by atoms with Crippen LogP contribution in [0.1, 0.15) is 15.9 Å². The van der Waals surface area contributed by atoms with Gasteiger partial charge in [0.25, 0.3) is 10.0 Å². The highest BCUT2D eigenvalue weighted by Gasteiger charge is 2.30. The lowest BCUT2D eigenvalue weighted by Crippen LogP contribution is -2.14. The molecule has 0 fully saturated rings. The van der Waals surface area contributed by atoms with Crippen molar-refractivity contribution in [3.63, 3.8) is 0 Å². The van der Waals surface area contributed by atoms with Crippen LogP contribution in [0, 0.1) is 0 Å². The van der Waals surface area contributed by atoms with Crippen molar-refractivity contribution in [1.29, 1.82) is 0 Å².